The Morgan fingerprint density at radius 3 is 2.35 bits per heavy atom. The molecule has 20 heavy (non-hydrogen) atoms. The molecule has 1 rings (SSSR count). The molecule has 0 amide bonds. The zero-order valence-corrected chi connectivity index (χ0v) is 14.6. The highest BCUT2D eigenvalue weighted by atomic mass is 32.2. The van der Waals surface area contributed by atoms with E-state index >= 15 is 0 Å². The molecule has 0 aromatic heterocycles. The Kier molecular flexibility index (Phi) is 6.48. The Morgan fingerprint density at radius 2 is 1.90 bits per heavy atom. The molecule has 0 aromatic carbocycles. The third-order valence-electron chi connectivity index (χ3n) is 4.85. The van der Waals surface area contributed by atoms with E-state index in [1.165, 1.54) is 6.26 Å². The van der Waals surface area contributed by atoms with Gasteiger partial charge in [-0.2, -0.15) is 0 Å². The smallest absolute Gasteiger partial charge is 0.147 e. The largest absolute Gasteiger partial charge is 0.311 e. The summed E-state index contributed by atoms with van der Waals surface area (Å²) in [4.78, 5) is 2.54. The van der Waals surface area contributed by atoms with Gasteiger partial charge in [-0.05, 0) is 31.7 Å². The monoisotopic (exact) mass is 304 g/mol. The number of nitrogens with zero attached hydrogens (tertiary/aromatic N) is 1. The molecule has 1 heterocycles. The minimum atomic E-state index is -2.85. The SMILES string of the molecule is CCC1(CC)CNC(C(C)C)CN1CCCS(C)(=O)=O. The van der Waals surface area contributed by atoms with Crippen LogP contribution in [0.3, 0.4) is 0 Å². The molecule has 0 bridgehead atoms. The molecule has 1 saturated heterocycles. The lowest BCUT2D eigenvalue weighted by Gasteiger charge is -2.50. The van der Waals surface area contributed by atoms with E-state index in [0.29, 0.717) is 17.7 Å². The first kappa shape index (κ1) is 17.9. The van der Waals surface area contributed by atoms with E-state index in [1.807, 2.05) is 0 Å². The van der Waals surface area contributed by atoms with Gasteiger partial charge in [0.25, 0.3) is 0 Å². The molecule has 1 unspecified atom stereocenters. The molecule has 1 aliphatic heterocycles. The van der Waals surface area contributed by atoms with E-state index in [1.54, 1.807) is 0 Å². The van der Waals surface area contributed by atoms with Gasteiger partial charge in [-0.3, -0.25) is 4.90 Å². The zero-order valence-electron chi connectivity index (χ0n) is 13.8. The first-order valence-electron chi connectivity index (χ1n) is 7.90. The second-order valence-corrected chi connectivity index (χ2v) is 8.85. The van der Waals surface area contributed by atoms with Crippen molar-refractivity contribution in [3.05, 3.63) is 0 Å². The molecule has 0 aromatic rings. The van der Waals surface area contributed by atoms with E-state index in [4.69, 9.17) is 0 Å². The Morgan fingerprint density at radius 1 is 1.30 bits per heavy atom. The second kappa shape index (κ2) is 7.23. The Labute approximate surface area is 125 Å². The van der Waals surface area contributed by atoms with Crippen molar-refractivity contribution in [2.45, 2.75) is 58.5 Å². The topological polar surface area (TPSA) is 49.4 Å². The number of sulfone groups is 1. The van der Waals surface area contributed by atoms with Gasteiger partial charge in [0, 0.05) is 30.9 Å². The molecule has 0 spiro atoms. The summed E-state index contributed by atoms with van der Waals surface area (Å²) >= 11 is 0. The maximum absolute atomic E-state index is 11.3. The number of nitrogens with one attached hydrogen (secondary N) is 1. The quantitative estimate of drug-likeness (QED) is 0.780. The summed E-state index contributed by atoms with van der Waals surface area (Å²) in [6.45, 7) is 11.9. The van der Waals surface area contributed by atoms with Crippen molar-refractivity contribution < 1.29 is 8.42 Å². The normalized spacial score (nSPS) is 24.2. The van der Waals surface area contributed by atoms with Crippen LogP contribution in [0.2, 0.25) is 0 Å². The fourth-order valence-corrected chi connectivity index (χ4v) is 3.82. The van der Waals surface area contributed by atoms with Gasteiger partial charge in [-0.25, -0.2) is 8.42 Å². The minimum absolute atomic E-state index is 0.197. The van der Waals surface area contributed by atoms with Gasteiger partial charge in [-0.15, -0.1) is 0 Å². The standard InChI is InChI=1S/C15H32N2O2S/c1-6-15(7-2)12-16-14(13(3)4)11-17(15)9-8-10-20(5,18)19/h13-14,16H,6-12H2,1-5H3. The summed E-state index contributed by atoms with van der Waals surface area (Å²) in [6, 6.07) is 0.513. The van der Waals surface area contributed by atoms with E-state index in [0.717, 1.165) is 38.9 Å². The van der Waals surface area contributed by atoms with Crippen LogP contribution in [-0.4, -0.2) is 56.5 Å². The van der Waals surface area contributed by atoms with Crippen molar-refractivity contribution >= 4 is 9.84 Å². The van der Waals surface area contributed by atoms with Gasteiger partial charge >= 0.3 is 0 Å². The summed E-state index contributed by atoms with van der Waals surface area (Å²) in [5, 5.41) is 3.69. The van der Waals surface area contributed by atoms with E-state index in [-0.39, 0.29) is 5.54 Å². The van der Waals surface area contributed by atoms with Crippen molar-refractivity contribution in [1.82, 2.24) is 10.2 Å². The van der Waals surface area contributed by atoms with E-state index in [9.17, 15) is 8.42 Å². The van der Waals surface area contributed by atoms with Gasteiger partial charge in [0.15, 0.2) is 0 Å². The predicted molar refractivity (Wildman–Crippen MR) is 85.8 cm³/mol. The predicted octanol–water partition coefficient (Wildman–Crippen LogP) is 1.91. The Hall–Kier alpha value is -0.130. The lowest BCUT2D eigenvalue weighted by Crippen LogP contribution is -2.65. The highest BCUT2D eigenvalue weighted by Crippen LogP contribution is 2.28. The maximum atomic E-state index is 11.3. The van der Waals surface area contributed by atoms with Gasteiger partial charge in [-0.1, -0.05) is 27.7 Å². The van der Waals surface area contributed by atoms with Crippen LogP contribution in [0, 0.1) is 5.92 Å². The molecule has 4 nitrogen and oxygen atoms in total. The second-order valence-electron chi connectivity index (χ2n) is 6.59. The summed E-state index contributed by atoms with van der Waals surface area (Å²) in [6.07, 6.45) is 4.29. The number of hydrogen-bond donors (Lipinski definition) is 1. The molecule has 1 aliphatic rings. The van der Waals surface area contributed by atoms with Crippen LogP contribution in [0.5, 0.6) is 0 Å². The number of piperazine rings is 1. The molecule has 1 N–H and O–H groups in total. The van der Waals surface area contributed by atoms with Crippen molar-refractivity contribution in [3.63, 3.8) is 0 Å². The average Bonchev–Trinajstić information content (AvgIpc) is 2.37. The molecule has 0 radical (unpaired) electrons. The van der Waals surface area contributed by atoms with Gasteiger partial charge in [0.2, 0.25) is 0 Å². The molecular weight excluding hydrogens is 272 g/mol. The molecule has 1 atom stereocenters. The van der Waals surface area contributed by atoms with Crippen molar-refractivity contribution in [2.75, 3.05) is 31.6 Å². The fourth-order valence-electron chi connectivity index (χ4n) is 3.17. The molecular formula is C15H32N2O2S. The molecule has 5 heteroatoms. The average molecular weight is 304 g/mol. The van der Waals surface area contributed by atoms with Crippen LogP contribution >= 0.6 is 0 Å². The maximum Gasteiger partial charge on any atom is 0.147 e. The zero-order chi connectivity index (χ0) is 15.4. The van der Waals surface area contributed by atoms with E-state index in [2.05, 4.69) is 37.9 Å². The summed E-state index contributed by atoms with van der Waals surface area (Å²) in [5.41, 5.74) is 0.197. The summed E-state index contributed by atoms with van der Waals surface area (Å²) in [5.74, 6) is 0.909. The van der Waals surface area contributed by atoms with Crippen molar-refractivity contribution in [3.8, 4) is 0 Å². The Balaban J connectivity index is 2.71. The van der Waals surface area contributed by atoms with Crippen LogP contribution in [0.4, 0.5) is 0 Å². The van der Waals surface area contributed by atoms with Crippen molar-refractivity contribution in [2.24, 2.45) is 5.92 Å². The van der Waals surface area contributed by atoms with Gasteiger partial charge < -0.3 is 5.32 Å². The molecule has 0 saturated carbocycles. The van der Waals surface area contributed by atoms with Gasteiger partial charge in [0.1, 0.15) is 9.84 Å². The molecule has 1 fully saturated rings. The molecule has 0 aliphatic carbocycles. The van der Waals surface area contributed by atoms with Crippen LogP contribution in [0.25, 0.3) is 0 Å². The fraction of sp³-hybridized carbons (Fsp3) is 1.00. The molecule has 120 valence electrons. The van der Waals surface area contributed by atoms with Crippen LogP contribution in [-0.2, 0) is 9.84 Å². The number of hydrogen-bond acceptors (Lipinski definition) is 4. The lowest BCUT2D eigenvalue weighted by molar-refractivity contribution is 0.0227. The van der Waals surface area contributed by atoms with Gasteiger partial charge in [0.05, 0.1) is 5.75 Å². The first-order chi connectivity index (χ1) is 9.24. The first-order valence-corrected chi connectivity index (χ1v) is 9.96. The van der Waals surface area contributed by atoms with Crippen LogP contribution in [0.15, 0.2) is 0 Å². The van der Waals surface area contributed by atoms with Crippen molar-refractivity contribution in [1.29, 1.82) is 0 Å². The van der Waals surface area contributed by atoms with E-state index < -0.39 is 9.84 Å². The minimum Gasteiger partial charge on any atom is -0.311 e. The van der Waals surface area contributed by atoms with Crippen LogP contribution < -0.4 is 5.32 Å². The number of rotatable bonds is 7. The third-order valence-corrected chi connectivity index (χ3v) is 5.88. The Bertz CT molecular complexity index is 389. The van der Waals surface area contributed by atoms with Crippen LogP contribution in [0.1, 0.15) is 47.0 Å². The summed E-state index contributed by atoms with van der Waals surface area (Å²) < 4.78 is 22.6. The highest BCUT2D eigenvalue weighted by Gasteiger charge is 2.39. The third kappa shape index (κ3) is 4.71. The lowest BCUT2D eigenvalue weighted by atomic mass is 9.85. The highest BCUT2D eigenvalue weighted by molar-refractivity contribution is 7.90. The summed E-state index contributed by atoms with van der Waals surface area (Å²) in [7, 11) is -2.85.